The maximum absolute atomic E-state index is 12.2. The van der Waals surface area contributed by atoms with Crippen LogP contribution in [0.5, 0.6) is 0 Å². The lowest BCUT2D eigenvalue weighted by molar-refractivity contribution is 0.0354. The zero-order valence-electron chi connectivity index (χ0n) is 10.9. The maximum atomic E-state index is 12.2. The van der Waals surface area contributed by atoms with Gasteiger partial charge in [0.15, 0.2) is 0 Å². The van der Waals surface area contributed by atoms with Crippen LogP contribution in [-0.4, -0.2) is 28.1 Å². The van der Waals surface area contributed by atoms with Crippen molar-refractivity contribution in [2.75, 3.05) is 6.54 Å². The van der Waals surface area contributed by atoms with Gasteiger partial charge in [0.25, 0.3) is 5.91 Å². The lowest BCUT2D eigenvalue weighted by atomic mass is 10.0. The molecule has 0 unspecified atom stereocenters. The Hall–Kier alpha value is -1.81. The van der Waals surface area contributed by atoms with Gasteiger partial charge in [0.1, 0.15) is 0 Å². The van der Waals surface area contributed by atoms with E-state index in [0.29, 0.717) is 18.0 Å². The molecule has 1 saturated carbocycles. The van der Waals surface area contributed by atoms with Crippen LogP contribution in [0.3, 0.4) is 0 Å². The second-order valence-corrected chi connectivity index (χ2v) is 5.56. The van der Waals surface area contributed by atoms with Crippen molar-refractivity contribution in [1.82, 2.24) is 10.3 Å². The van der Waals surface area contributed by atoms with Crippen LogP contribution in [0.15, 0.2) is 30.5 Å². The van der Waals surface area contributed by atoms with Crippen LogP contribution in [0.1, 0.15) is 30.1 Å². The molecule has 4 nitrogen and oxygen atoms in total. The maximum Gasteiger partial charge on any atom is 0.252 e. The standard InChI is InChI=1S/C15H18N2O2/c1-15(19,10-5-6-10)9-17-14(18)12-3-2-4-13-11(12)7-8-16-13/h2-4,7-8,10,16,19H,5-6,9H2,1H3,(H,17,18)/t15-/m0/s1. The van der Waals surface area contributed by atoms with Gasteiger partial charge in [0.05, 0.1) is 5.60 Å². The van der Waals surface area contributed by atoms with E-state index >= 15 is 0 Å². The first-order valence-corrected chi connectivity index (χ1v) is 6.64. The molecule has 3 N–H and O–H groups in total. The molecular weight excluding hydrogens is 240 g/mol. The average Bonchev–Trinajstić information content (AvgIpc) is 3.15. The van der Waals surface area contributed by atoms with E-state index < -0.39 is 5.60 Å². The number of carbonyl (C=O) groups is 1. The molecular formula is C15H18N2O2. The molecule has 100 valence electrons. The first-order chi connectivity index (χ1) is 9.08. The number of hydrogen-bond acceptors (Lipinski definition) is 2. The Morgan fingerprint density at radius 1 is 1.47 bits per heavy atom. The number of aliphatic hydroxyl groups is 1. The third kappa shape index (κ3) is 2.36. The van der Waals surface area contributed by atoms with Gasteiger partial charge in [0.2, 0.25) is 0 Å². The Balaban J connectivity index is 1.75. The van der Waals surface area contributed by atoms with E-state index in [1.54, 1.807) is 13.0 Å². The quantitative estimate of drug-likeness (QED) is 0.786. The third-order valence-corrected chi connectivity index (χ3v) is 3.90. The van der Waals surface area contributed by atoms with Gasteiger partial charge in [-0.25, -0.2) is 0 Å². The minimum atomic E-state index is -0.790. The predicted octanol–water partition coefficient (Wildman–Crippen LogP) is 2.06. The minimum Gasteiger partial charge on any atom is -0.388 e. The average molecular weight is 258 g/mol. The molecule has 19 heavy (non-hydrogen) atoms. The molecule has 3 rings (SSSR count). The molecule has 0 bridgehead atoms. The molecule has 1 aromatic heterocycles. The fourth-order valence-corrected chi connectivity index (χ4v) is 2.49. The highest BCUT2D eigenvalue weighted by Crippen LogP contribution is 2.39. The Kier molecular flexibility index (Phi) is 2.82. The highest BCUT2D eigenvalue weighted by Gasteiger charge is 2.39. The van der Waals surface area contributed by atoms with Crippen molar-refractivity contribution in [3.63, 3.8) is 0 Å². The van der Waals surface area contributed by atoms with Crippen molar-refractivity contribution in [2.24, 2.45) is 5.92 Å². The molecule has 1 heterocycles. The number of rotatable bonds is 4. The van der Waals surface area contributed by atoms with Crippen molar-refractivity contribution in [3.05, 3.63) is 36.0 Å². The second-order valence-electron chi connectivity index (χ2n) is 5.56. The first kappa shape index (κ1) is 12.2. The molecule has 1 atom stereocenters. The van der Waals surface area contributed by atoms with Gasteiger partial charge < -0.3 is 15.4 Å². The Morgan fingerprint density at radius 2 is 2.26 bits per heavy atom. The molecule has 1 amide bonds. The van der Waals surface area contributed by atoms with Gasteiger partial charge in [-0.1, -0.05) is 6.07 Å². The normalized spacial score (nSPS) is 18.2. The van der Waals surface area contributed by atoms with Crippen LogP contribution in [0.4, 0.5) is 0 Å². The molecule has 1 fully saturated rings. The van der Waals surface area contributed by atoms with Crippen LogP contribution in [0.2, 0.25) is 0 Å². The molecule has 0 radical (unpaired) electrons. The summed E-state index contributed by atoms with van der Waals surface area (Å²) in [5.74, 6) is 0.196. The molecule has 4 heteroatoms. The van der Waals surface area contributed by atoms with Gasteiger partial charge in [-0.15, -0.1) is 0 Å². The summed E-state index contributed by atoms with van der Waals surface area (Å²) < 4.78 is 0. The van der Waals surface area contributed by atoms with Gasteiger partial charge in [-0.05, 0) is 43.9 Å². The van der Waals surface area contributed by atoms with E-state index in [2.05, 4.69) is 10.3 Å². The van der Waals surface area contributed by atoms with E-state index in [1.165, 1.54) is 0 Å². The zero-order chi connectivity index (χ0) is 13.5. The molecule has 0 spiro atoms. The SMILES string of the molecule is C[C@](O)(CNC(=O)c1cccc2[nH]ccc12)C1CC1. The molecule has 2 aromatic rings. The first-order valence-electron chi connectivity index (χ1n) is 6.64. The van der Waals surface area contributed by atoms with E-state index in [4.69, 9.17) is 0 Å². The second kappa shape index (κ2) is 4.38. The monoisotopic (exact) mass is 258 g/mol. The summed E-state index contributed by atoms with van der Waals surface area (Å²) in [6.45, 7) is 2.10. The summed E-state index contributed by atoms with van der Waals surface area (Å²) in [6.07, 6.45) is 3.92. The fourth-order valence-electron chi connectivity index (χ4n) is 2.49. The van der Waals surface area contributed by atoms with Crippen molar-refractivity contribution in [2.45, 2.75) is 25.4 Å². The number of H-pyrrole nitrogens is 1. The fraction of sp³-hybridized carbons (Fsp3) is 0.400. The molecule has 1 aliphatic carbocycles. The number of hydrogen-bond donors (Lipinski definition) is 3. The number of aromatic nitrogens is 1. The summed E-state index contributed by atoms with van der Waals surface area (Å²) in [7, 11) is 0. The number of fused-ring (bicyclic) bond motifs is 1. The van der Waals surface area contributed by atoms with Crippen LogP contribution in [0.25, 0.3) is 10.9 Å². The van der Waals surface area contributed by atoms with Crippen molar-refractivity contribution in [3.8, 4) is 0 Å². The summed E-state index contributed by atoms with van der Waals surface area (Å²) in [6, 6.07) is 7.49. The molecule has 0 aliphatic heterocycles. The highest BCUT2D eigenvalue weighted by atomic mass is 16.3. The van der Waals surface area contributed by atoms with Crippen LogP contribution >= 0.6 is 0 Å². The number of benzene rings is 1. The number of nitrogens with one attached hydrogen (secondary N) is 2. The van der Waals surface area contributed by atoms with Crippen LogP contribution < -0.4 is 5.32 Å². The van der Waals surface area contributed by atoms with Crippen molar-refractivity contribution >= 4 is 16.8 Å². The molecule has 1 aromatic carbocycles. The Labute approximate surface area is 111 Å². The zero-order valence-corrected chi connectivity index (χ0v) is 10.9. The van der Waals surface area contributed by atoms with Crippen molar-refractivity contribution in [1.29, 1.82) is 0 Å². The minimum absolute atomic E-state index is 0.133. The molecule has 1 aliphatic rings. The highest BCUT2D eigenvalue weighted by molar-refractivity contribution is 6.06. The van der Waals surface area contributed by atoms with Crippen molar-refractivity contribution < 1.29 is 9.90 Å². The van der Waals surface area contributed by atoms with E-state index in [-0.39, 0.29) is 5.91 Å². The lowest BCUT2D eigenvalue weighted by Crippen LogP contribution is -2.42. The lowest BCUT2D eigenvalue weighted by Gasteiger charge is -2.23. The molecule has 0 saturated heterocycles. The number of amides is 1. The van der Waals surface area contributed by atoms with E-state index in [9.17, 15) is 9.90 Å². The van der Waals surface area contributed by atoms with Gasteiger partial charge >= 0.3 is 0 Å². The summed E-state index contributed by atoms with van der Waals surface area (Å²) in [5, 5.41) is 14.0. The Bertz CT molecular complexity index is 611. The smallest absolute Gasteiger partial charge is 0.252 e. The summed E-state index contributed by atoms with van der Waals surface area (Å²) in [5.41, 5.74) is 0.800. The van der Waals surface area contributed by atoms with Gasteiger partial charge in [-0.2, -0.15) is 0 Å². The Morgan fingerprint density at radius 3 is 3.00 bits per heavy atom. The number of aromatic amines is 1. The largest absolute Gasteiger partial charge is 0.388 e. The van der Waals surface area contributed by atoms with Crippen LogP contribution in [-0.2, 0) is 0 Å². The topological polar surface area (TPSA) is 65.1 Å². The van der Waals surface area contributed by atoms with E-state index in [1.807, 2.05) is 24.4 Å². The van der Waals surface area contributed by atoms with Crippen LogP contribution in [0, 0.1) is 5.92 Å². The van der Waals surface area contributed by atoms with E-state index in [0.717, 1.165) is 23.7 Å². The third-order valence-electron chi connectivity index (χ3n) is 3.90. The van der Waals surface area contributed by atoms with Gasteiger partial charge in [-0.3, -0.25) is 4.79 Å². The summed E-state index contributed by atoms with van der Waals surface area (Å²) >= 11 is 0. The summed E-state index contributed by atoms with van der Waals surface area (Å²) in [4.78, 5) is 15.3. The van der Waals surface area contributed by atoms with Gasteiger partial charge in [0, 0.05) is 29.2 Å². The predicted molar refractivity (Wildman–Crippen MR) is 74.0 cm³/mol. The number of carbonyl (C=O) groups excluding carboxylic acids is 1.